The summed E-state index contributed by atoms with van der Waals surface area (Å²) in [4.78, 5) is 6.12. The van der Waals surface area contributed by atoms with Gasteiger partial charge in [-0.1, -0.05) is 11.6 Å². The third-order valence-corrected chi connectivity index (χ3v) is 2.41. The van der Waals surface area contributed by atoms with Gasteiger partial charge < -0.3 is 20.1 Å². The van der Waals surface area contributed by atoms with Gasteiger partial charge in [-0.25, -0.2) is 0 Å². The molecule has 0 bridgehead atoms. The van der Waals surface area contributed by atoms with Crippen LogP contribution in [0.15, 0.2) is 6.07 Å². The SMILES string of the molecule is COCCN(C)c1nc(OC)c(N)cc1Cl. The number of hydrogen-bond acceptors (Lipinski definition) is 5. The van der Waals surface area contributed by atoms with Gasteiger partial charge in [0.1, 0.15) is 0 Å². The molecule has 2 N–H and O–H groups in total. The highest BCUT2D eigenvalue weighted by molar-refractivity contribution is 6.33. The Morgan fingerprint density at radius 1 is 1.50 bits per heavy atom. The van der Waals surface area contributed by atoms with Gasteiger partial charge >= 0.3 is 0 Å². The van der Waals surface area contributed by atoms with Crippen LogP contribution in [0.25, 0.3) is 0 Å². The molecule has 1 heterocycles. The molecule has 0 aromatic carbocycles. The first-order valence-corrected chi connectivity index (χ1v) is 5.18. The van der Waals surface area contributed by atoms with E-state index in [1.807, 2.05) is 11.9 Å². The summed E-state index contributed by atoms with van der Waals surface area (Å²) in [5.74, 6) is 1.01. The number of aromatic nitrogens is 1. The fourth-order valence-electron chi connectivity index (χ4n) is 1.24. The number of nitrogens with zero attached hydrogens (tertiary/aromatic N) is 2. The van der Waals surface area contributed by atoms with Crippen molar-refractivity contribution in [2.75, 3.05) is 45.1 Å². The molecule has 5 nitrogen and oxygen atoms in total. The normalized spacial score (nSPS) is 10.2. The van der Waals surface area contributed by atoms with Crippen molar-refractivity contribution < 1.29 is 9.47 Å². The van der Waals surface area contributed by atoms with Crippen molar-refractivity contribution in [2.45, 2.75) is 0 Å². The Labute approximate surface area is 100 Å². The van der Waals surface area contributed by atoms with Crippen molar-refractivity contribution in [1.82, 2.24) is 4.98 Å². The minimum absolute atomic E-state index is 0.378. The summed E-state index contributed by atoms with van der Waals surface area (Å²) < 4.78 is 10.0. The molecule has 0 saturated carbocycles. The molecule has 0 fully saturated rings. The maximum atomic E-state index is 6.05. The first-order chi connectivity index (χ1) is 7.60. The van der Waals surface area contributed by atoms with Gasteiger partial charge in [-0.05, 0) is 6.07 Å². The van der Waals surface area contributed by atoms with Crippen LogP contribution < -0.4 is 15.4 Å². The molecule has 0 aliphatic heterocycles. The minimum atomic E-state index is 0.378. The molecule has 0 aliphatic rings. The topological polar surface area (TPSA) is 60.6 Å². The van der Waals surface area contributed by atoms with Gasteiger partial charge in [-0.2, -0.15) is 4.98 Å². The summed E-state index contributed by atoms with van der Waals surface area (Å²) in [6, 6.07) is 1.63. The monoisotopic (exact) mass is 245 g/mol. The molecule has 1 rings (SSSR count). The Morgan fingerprint density at radius 3 is 2.75 bits per heavy atom. The Morgan fingerprint density at radius 2 is 2.19 bits per heavy atom. The molecule has 6 heteroatoms. The zero-order chi connectivity index (χ0) is 12.1. The van der Waals surface area contributed by atoms with Crippen molar-refractivity contribution in [1.29, 1.82) is 0 Å². The molecule has 0 amide bonds. The predicted octanol–water partition coefficient (Wildman–Crippen LogP) is 1.41. The van der Waals surface area contributed by atoms with Crippen LogP contribution in [-0.4, -0.2) is 39.4 Å². The fourth-order valence-corrected chi connectivity index (χ4v) is 1.55. The van der Waals surface area contributed by atoms with Crippen molar-refractivity contribution in [3.05, 3.63) is 11.1 Å². The second-order valence-corrected chi connectivity index (χ2v) is 3.71. The molecule has 0 radical (unpaired) electrons. The van der Waals surface area contributed by atoms with Gasteiger partial charge in [0, 0.05) is 20.7 Å². The number of likely N-dealkylation sites (N-methyl/N-ethyl adjacent to an activating group) is 1. The van der Waals surface area contributed by atoms with Gasteiger partial charge in [0.2, 0.25) is 5.88 Å². The number of nitrogens with two attached hydrogens (primary N) is 1. The molecule has 0 atom stereocenters. The molecule has 0 unspecified atom stereocenters. The van der Waals surface area contributed by atoms with Crippen LogP contribution in [0.3, 0.4) is 0 Å². The first-order valence-electron chi connectivity index (χ1n) is 4.80. The third-order valence-electron chi connectivity index (χ3n) is 2.14. The maximum Gasteiger partial charge on any atom is 0.238 e. The second-order valence-electron chi connectivity index (χ2n) is 3.31. The lowest BCUT2D eigenvalue weighted by Gasteiger charge is -2.19. The Kier molecular flexibility index (Phi) is 4.64. The zero-order valence-corrected chi connectivity index (χ0v) is 10.4. The average Bonchev–Trinajstić information content (AvgIpc) is 2.26. The predicted molar refractivity (Wildman–Crippen MR) is 65.4 cm³/mol. The Bertz CT molecular complexity index is 360. The summed E-state index contributed by atoms with van der Waals surface area (Å²) >= 11 is 6.05. The molecule has 1 aromatic rings. The highest BCUT2D eigenvalue weighted by Crippen LogP contribution is 2.30. The van der Waals surface area contributed by atoms with Crippen LogP contribution in [0.5, 0.6) is 5.88 Å². The highest BCUT2D eigenvalue weighted by atomic mass is 35.5. The molecule has 90 valence electrons. The van der Waals surface area contributed by atoms with E-state index in [0.717, 1.165) is 0 Å². The lowest BCUT2D eigenvalue weighted by atomic mass is 10.3. The van der Waals surface area contributed by atoms with E-state index < -0.39 is 0 Å². The molecule has 1 aromatic heterocycles. The lowest BCUT2D eigenvalue weighted by Crippen LogP contribution is -2.23. The summed E-state index contributed by atoms with van der Waals surface area (Å²) in [5, 5.41) is 0.497. The minimum Gasteiger partial charge on any atom is -0.479 e. The number of rotatable bonds is 5. The molecular formula is C10H16ClN3O2. The molecule has 16 heavy (non-hydrogen) atoms. The largest absolute Gasteiger partial charge is 0.479 e. The number of ether oxygens (including phenoxy) is 2. The fraction of sp³-hybridized carbons (Fsp3) is 0.500. The van der Waals surface area contributed by atoms with Gasteiger partial charge in [0.25, 0.3) is 0 Å². The average molecular weight is 246 g/mol. The van der Waals surface area contributed by atoms with Crippen LogP contribution in [0.4, 0.5) is 11.5 Å². The summed E-state index contributed by atoms with van der Waals surface area (Å²) in [7, 11) is 5.04. The number of methoxy groups -OCH3 is 2. The molecular weight excluding hydrogens is 230 g/mol. The maximum absolute atomic E-state index is 6.05. The second kappa shape index (κ2) is 5.77. The van der Waals surface area contributed by atoms with Crippen molar-refractivity contribution in [3.63, 3.8) is 0 Å². The van der Waals surface area contributed by atoms with Crippen LogP contribution in [0, 0.1) is 0 Å². The van der Waals surface area contributed by atoms with E-state index in [2.05, 4.69) is 4.98 Å². The standard InChI is InChI=1S/C10H16ClN3O2/c1-14(4-5-15-2)9-7(11)6-8(12)10(13-9)16-3/h6H,4-5,12H2,1-3H3. The van der Waals surface area contributed by atoms with Crippen molar-refractivity contribution >= 4 is 23.1 Å². The van der Waals surface area contributed by atoms with E-state index >= 15 is 0 Å². The zero-order valence-electron chi connectivity index (χ0n) is 9.66. The van der Waals surface area contributed by atoms with Gasteiger partial charge in [0.05, 0.1) is 24.4 Å². The van der Waals surface area contributed by atoms with Gasteiger partial charge in [-0.3, -0.25) is 0 Å². The van der Waals surface area contributed by atoms with E-state index in [1.165, 1.54) is 7.11 Å². The third kappa shape index (κ3) is 2.90. The van der Waals surface area contributed by atoms with E-state index in [4.69, 9.17) is 26.8 Å². The number of hydrogen-bond donors (Lipinski definition) is 1. The molecule has 0 spiro atoms. The first kappa shape index (κ1) is 12.9. The van der Waals surface area contributed by atoms with Crippen LogP contribution in [0.2, 0.25) is 5.02 Å². The van der Waals surface area contributed by atoms with E-state index in [-0.39, 0.29) is 0 Å². The summed E-state index contributed by atoms with van der Waals surface area (Å²) in [5.41, 5.74) is 6.11. The van der Waals surface area contributed by atoms with Gasteiger partial charge in [-0.15, -0.1) is 0 Å². The van der Waals surface area contributed by atoms with Crippen LogP contribution >= 0.6 is 11.6 Å². The van der Waals surface area contributed by atoms with Crippen LogP contribution in [-0.2, 0) is 4.74 Å². The molecule has 0 aliphatic carbocycles. The quantitative estimate of drug-likeness (QED) is 0.850. The van der Waals surface area contributed by atoms with E-state index in [0.29, 0.717) is 35.6 Å². The van der Waals surface area contributed by atoms with Gasteiger partial charge in [0.15, 0.2) is 5.82 Å². The Balaban J connectivity index is 2.94. The lowest BCUT2D eigenvalue weighted by molar-refractivity contribution is 0.206. The smallest absolute Gasteiger partial charge is 0.238 e. The van der Waals surface area contributed by atoms with Crippen molar-refractivity contribution in [2.24, 2.45) is 0 Å². The Hall–Kier alpha value is -1.20. The number of halogens is 1. The summed E-state index contributed by atoms with van der Waals surface area (Å²) in [6.45, 7) is 1.29. The number of pyridine rings is 1. The van der Waals surface area contributed by atoms with Crippen molar-refractivity contribution in [3.8, 4) is 5.88 Å². The molecule has 0 saturated heterocycles. The van der Waals surface area contributed by atoms with E-state index in [9.17, 15) is 0 Å². The highest BCUT2D eigenvalue weighted by Gasteiger charge is 2.12. The number of nitrogen functional groups attached to an aromatic ring is 1. The number of anilines is 2. The van der Waals surface area contributed by atoms with Crippen LogP contribution in [0.1, 0.15) is 0 Å². The van der Waals surface area contributed by atoms with E-state index in [1.54, 1.807) is 13.2 Å². The summed E-state index contributed by atoms with van der Waals surface area (Å²) in [6.07, 6.45) is 0.